The Morgan fingerprint density at radius 2 is 1.71 bits per heavy atom. The molecule has 2 rings (SSSR count). The van der Waals surface area contributed by atoms with Crippen LogP contribution in [0.15, 0.2) is 29.2 Å². The summed E-state index contributed by atoms with van der Waals surface area (Å²) in [7, 11) is -3.60. The summed E-state index contributed by atoms with van der Waals surface area (Å²) < 4.78 is 48.0. The first-order valence-electron chi connectivity index (χ1n) is 7.58. The summed E-state index contributed by atoms with van der Waals surface area (Å²) in [5.74, 6) is -0.405. The average molecular weight is 377 g/mol. The van der Waals surface area contributed by atoms with Gasteiger partial charge in [-0.3, -0.25) is 4.90 Å². The molecule has 7 nitrogen and oxygen atoms in total. The van der Waals surface area contributed by atoms with Crippen molar-refractivity contribution >= 4 is 19.9 Å². The number of hydrogen-bond acceptors (Lipinski definition) is 6. The highest BCUT2D eigenvalue weighted by atomic mass is 32.2. The van der Waals surface area contributed by atoms with Crippen LogP contribution in [0.5, 0.6) is 0 Å². The molecule has 0 aliphatic carbocycles. The Hall–Kier alpha value is -1.00. The highest BCUT2D eigenvalue weighted by Crippen LogP contribution is 2.22. The highest BCUT2D eigenvalue weighted by molar-refractivity contribution is 7.90. The number of hydrogen-bond donors (Lipinski definition) is 1. The second kappa shape index (κ2) is 7.09. The lowest BCUT2D eigenvalue weighted by molar-refractivity contribution is 0.148. The zero-order valence-corrected chi connectivity index (χ0v) is 15.7. The van der Waals surface area contributed by atoms with Gasteiger partial charge in [0.25, 0.3) is 0 Å². The molecule has 136 valence electrons. The normalized spacial score (nSPS) is 23.0. The van der Waals surface area contributed by atoms with Crippen LogP contribution in [0.1, 0.15) is 5.56 Å². The summed E-state index contributed by atoms with van der Waals surface area (Å²) >= 11 is 0. The van der Waals surface area contributed by atoms with Crippen molar-refractivity contribution in [3.05, 3.63) is 29.8 Å². The molecule has 9 heteroatoms. The zero-order valence-electron chi connectivity index (χ0n) is 14.1. The Morgan fingerprint density at radius 3 is 2.21 bits per heavy atom. The molecule has 1 aromatic carbocycles. The fourth-order valence-corrected chi connectivity index (χ4v) is 4.55. The van der Waals surface area contributed by atoms with E-state index < -0.39 is 26.0 Å². The maximum atomic E-state index is 12.0. The Labute approximate surface area is 143 Å². The Bertz CT molecular complexity index is 773. The van der Waals surface area contributed by atoms with E-state index in [0.29, 0.717) is 19.6 Å². The summed E-state index contributed by atoms with van der Waals surface area (Å²) in [6, 6.07) is 6.61. The predicted molar refractivity (Wildman–Crippen MR) is 91.8 cm³/mol. The molecule has 2 atom stereocenters. The minimum absolute atomic E-state index is 0.0787. The molecule has 0 amide bonds. The second-order valence-corrected chi connectivity index (χ2v) is 10.7. The first kappa shape index (κ1) is 19.3. The van der Waals surface area contributed by atoms with Gasteiger partial charge in [0.1, 0.15) is 0 Å². The van der Waals surface area contributed by atoms with Gasteiger partial charge in [-0.25, -0.2) is 21.1 Å². The number of sulfone groups is 1. The number of rotatable bonds is 6. The topological polar surface area (TPSA) is 95.0 Å². The van der Waals surface area contributed by atoms with Crippen LogP contribution in [0, 0.1) is 5.92 Å². The molecule has 1 heterocycles. The maximum absolute atomic E-state index is 12.0. The van der Waals surface area contributed by atoms with Crippen molar-refractivity contribution < 1.29 is 21.9 Å². The fourth-order valence-electron chi connectivity index (χ4n) is 2.75. The molecule has 1 aliphatic heterocycles. The first-order chi connectivity index (χ1) is 11.0. The summed E-state index contributed by atoms with van der Waals surface area (Å²) in [5, 5.41) is 10.1. The highest BCUT2D eigenvalue weighted by Gasteiger charge is 2.35. The monoisotopic (exact) mass is 376 g/mol. The van der Waals surface area contributed by atoms with Crippen LogP contribution in [-0.4, -0.2) is 76.4 Å². The van der Waals surface area contributed by atoms with Gasteiger partial charge in [-0.15, -0.1) is 0 Å². The van der Waals surface area contributed by atoms with E-state index in [2.05, 4.69) is 0 Å². The van der Waals surface area contributed by atoms with Gasteiger partial charge in [0.2, 0.25) is 10.0 Å². The van der Waals surface area contributed by atoms with Crippen LogP contribution >= 0.6 is 0 Å². The molecule has 0 bridgehead atoms. The number of benzene rings is 1. The third kappa shape index (κ3) is 4.76. The molecule has 0 aromatic heterocycles. The molecular weight excluding hydrogens is 352 g/mol. The van der Waals surface area contributed by atoms with Crippen LogP contribution in [0.2, 0.25) is 0 Å². The zero-order chi connectivity index (χ0) is 18.1. The lowest BCUT2D eigenvalue weighted by Gasteiger charge is -2.18. The lowest BCUT2D eigenvalue weighted by Crippen LogP contribution is -2.33. The largest absolute Gasteiger partial charge is 0.391 e. The van der Waals surface area contributed by atoms with Gasteiger partial charge in [0, 0.05) is 45.9 Å². The van der Waals surface area contributed by atoms with Gasteiger partial charge < -0.3 is 5.11 Å². The van der Waals surface area contributed by atoms with E-state index >= 15 is 0 Å². The van der Waals surface area contributed by atoms with Crippen LogP contribution in [-0.2, 0) is 26.4 Å². The Balaban J connectivity index is 2.00. The number of aliphatic hydroxyl groups excluding tert-OH is 1. The van der Waals surface area contributed by atoms with Crippen molar-refractivity contribution in [2.45, 2.75) is 17.5 Å². The summed E-state index contributed by atoms with van der Waals surface area (Å²) in [5.41, 5.74) is 0.922. The van der Waals surface area contributed by atoms with E-state index in [0.717, 1.165) is 11.8 Å². The maximum Gasteiger partial charge on any atom is 0.214 e. The molecule has 1 N–H and O–H groups in total. The molecule has 0 saturated carbocycles. The molecule has 24 heavy (non-hydrogen) atoms. The molecule has 0 radical (unpaired) electrons. The number of sulfonamides is 1. The van der Waals surface area contributed by atoms with Crippen molar-refractivity contribution in [2.24, 2.45) is 5.92 Å². The molecule has 0 spiro atoms. The predicted octanol–water partition coefficient (Wildman–Crippen LogP) is -0.226. The molecule has 1 fully saturated rings. The fraction of sp³-hybridized carbons (Fsp3) is 0.600. The minimum Gasteiger partial charge on any atom is -0.391 e. The van der Waals surface area contributed by atoms with E-state index in [-0.39, 0.29) is 16.6 Å². The standard InChI is InChI=1S/C15H24N2O5S2/c1-16(2)24(21,22)11-13-9-17(10-15(13)18)8-12-4-6-14(7-5-12)23(3,19)20/h4-7,13,15,18H,8-11H2,1-3H3/t13-,15-/m0/s1. The van der Waals surface area contributed by atoms with Gasteiger partial charge in [-0.1, -0.05) is 12.1 Å². The van der Waals surface area contributed by atoms with E-state index in [1.165, 1.54) is 18.4 Å². The number of nitrogens with zero attached hydrogens (tertiary/aromatic N) is 2. The van der Waals surface area contributed by atoms with Crippen LogP contribution in [0.3, 0.4) is 0 Å². The van der Waals surface area contributed by atoms with Crippen molar-refractivity contribution in [3.8, 4) is 0 Å². The van der Waals surface area contributed by atoms with Crippen molar-refractivity contribution in [1.29, 1.82) is 0 Å². The summed E-state index contributed by atoms with van der Waals surface area (Å²) in [4.78, 5) is 2.25. The lowest BCUT2D eigenvalue weighted by atomic mass is 10.1. The number of β-amino-alcohol motifs (C(OH)–C–C–N with tert-alkyl or cyclic N) is 1. The van der Waals surface area contributed by atoms with E-state index in [9.17, 15) is 21.9 Å². The van der Waals surface area contributed by atoms with Crippen LogP contribution in [0.25, 0.3) is 0 Å². The van der Waals surface area contributed by atoms with Gasteiger partial charge in [-0.05, 0) is 17.7 Å². The van der Waals surface area contributed by atoms with Crippen LogP contribution in [0.4, 0.5) is 0 Å². The van der Waals surface area contributed by atoms with Crippen LogP contribution < -0.4 is 0 Å². The average Bonchev–Trinajstić information content (AvgIpc) is 2.77. The third-order valence-electron chi connectivity index (χ3n) is 4.22. The minimum atomic E-state index is -3.35. The first-order valence-corrected chi connectivity index (χ1v) is 11.1. The summed E-state index contributed by atoms with van der Waals surface area (Å²) in [6.07, 6.45) is 0.476. The molecule has 1 aliphatic rings. The quantitative estimate of drug-likeness (QED) is 0.737. The van der Waals surface area contributed by atoms with Crippen molar-refractivity contribution in [1.82, 2.24) is 9.21 Å². The van der Waals surface area contributed by atoms with Gasteiger partial charge >= 0.3 is 0 Å². The number of aliphatic hydroxyl groups is 1. The smallest absolute Gasteiger partial charge is 0.214 e. The van der Waals surface area contributed by atoms with Gasteiger partial charge in [0.15, 0.2) is 9.84 Å². The van der Waals surface area contributed by atoms with Gasteiger partial charge in [0.05, 0.1) is 16.8 Å². The molecule has 1 saturated heterocycles. The molecule has 1 aromatic rings. The van der Waals surface area contributed by atoms with Gasteiger partial charge in [-0.2, -0.15) is 0 Å². The molecular formula is C15H24N2O5S2. The van der Waals surface area contributed by atoms with E-state index in [1.807, 2.05) is 4.90 Å². The summed E-state index contributed by atoms with van der Waals surface area (Å²) in [6.45, 7) is 1.43. The Morgan fingerprint density at radius 1 is 1.12 bits per heavy atom. The molecule has 0 unspecified atom stereocenters. The van der Waals surface area contributed by atoms with Crippen molar-refractivity contribution in [2.75, 3.05) is 39.2 Å². The SMILES string of the molecule is CN(C)S(=O)(=O)C[C@@H]1CN(Cc2ccc(S(C)(=O)=O)cc2)C[C@@H]1O. The Kier molecular flexibility index (Phi) is 5.71. The van der Waals surface area contributed by atoms with E-state index in [1.54, 1.807) is 24.3 Å². The second-order valence-electron chi connectivity index (χ2n) is 6.50. The number of likely N-dealkylation sites (tertiary alicyclic amines) is 1. The van der Waals surface area contributed by atoms with E-state index in [4.69, 9.17) is 0 Å². The third-order valence-corrected chi connectivity index (χ3v) is 7.31. The van der Waals surface area contributed by atoms with Crippen molar-refractivity contribution in [3.63, 3.8) is 0 Å².